The molecule has 1 aromatic carbocycles. The number of hydrogen-bond acceptors (Lipinski definition) is 3. The third-order valence-electron chi connectivity index (χ3n) is 4.18. The Morgan fingerprint density at radius 3 is 2.44 bits per heavy atom. The van der Waals surface area contributed by atoms with Gasteiger partial charge in [0.05, 0.1) is 6.10 Å². The summed E-state index contributed by atoms with van der Waals surface area (Å²) in [6, 6.07) is 8.10. The van der Waals surface area contributed by atoms with Crippen LogP contribution in [0.2, 0.25) is 0 Å². The van der Waals surface area contributed by atoms with Gasteiger partial charge in [-0.15, -0.1) is 0 Å². The standard InChI is InChI=1S/C15H23NO2/c1-10(8-11-4-6-12(17)7-5-11)16-13-9-14(18)15(13,2)3/h4-7,10,13-14,16-18H,8-9H2,1-3H3. The first-order valence-corrected chi connectivity index (χ1v) is 6.61. The fraction of sp³-hybridized carbons (Fsp3) is 0.600. The van der Waals surface area contributed by atoms with Crippen molar-refractivity contribution in [1.82, 2.24) is 5.32 Å². The third-order valence-corrected chi connectivity index (χ3v) is 4.18. The van der Waals surface area contributed by atoms with Crippen LogP contribution in [0.25, 0.3) is 0 Å². The smallest absolute Gasteiger partial charge is 0.115 e. The van der Waals surface area contributed by atoms with Gasteiger partial charge in [-0.3, -0.25) is 0 Å². The third kappa shape index (κ3) is 2.68. The molecule has 0 bridgehead atoms. The lowest BCUT2D eigenvalue weighted by atomic mass is 9.64. The van der Waals surface area contributed by atoms with Gasteiger partial charge in [-0.05, 0) is 37.5 Å². The molecule has 1 fully saturated rings. The second kappa shape index (κ2) is 4.90. The minimum atomic E-state index is -0.184. The molecule has 100 valence electrons. The maximum atomic E-state index is 9.71. The van der Waals surface area contributed by atoms with Crippen molar-refractivity contribution in [3.63, 3.8) is 0 Å². The SMILES string of the molecule is CC(Cc1ccc(O)cc1)NC1CC(O)C1(C)C. The van der Waals surface area contributed by atoms with Gasteiger partial charge in [0.15, 0.2) is 0 Å². The Morgan fingerprint density at radius 1 is 1.33 bits per heavy atom. The Hall–Kier alpha value is -1.06. The zero-order chi connectivity index (χ0) is 13.3. The van der Waals surface area contributed by atoms with Crippen molar-refractivity contribution in [2.24, 2.45) is 5.41 Å². The van der Waals surface area contributed by atoms with Gasteiger partial charge in [0.25, 0.3) is 0 Å². The highest BCUT2D eigenvalue weighted by Crippen LogP contribution is 2.40. The van der Waals surface area contributed by atoms with Gasteiger partial charge in [0.1, 0.15) is 5.75 Å². The van der Waals surface area contributed by atoms with Crippen molar-refractivity contribution in [1.29, 1.82) is 0 Å². The Morgan fingerprint density at radius 2 is 1.94 bits per heavy atom. The second-order valence-corrected chi connectivity index (χ2v) is 6.06. The molecular weight excluding hydrogens is 226 g/mol. The van der Waals surface area contributed by atoms with Gasteiger partial charge >= 0.3 is 0 Å². The number of aliphatic hydroxyl groups is 1. The highest BCUT2D eigenvalue weighted by Gasteiger charge is 2.47. The maximum Gasteiger partial charge on any atom is 0.115 e. The lowest BCUT2D eigenvalue weighted by molar-refractivity contribution is -0.0752. The molecule has 1 aromatic rings. The van der Waals surface area contributed by atoms with E-state index in [1.165, 1.54) is 5.56 Å². The molecule has 1 saturated carbocycles. The van der Waals surface area contributed by atoms with Crippen LogP contribution in [0.15, 0.2) is 24.3 Å². The number of nitrogens with one attached hydrogen (secondary N) is 1. The van der Waals surface area contributed by atoms with E-state index in [9.17, 15) is 10.2 Å². The van der Waals surface area contributed by atoms with Crippen LogP contribution in [0.4, 0.5) is 0 Å². The molecular formula is C15H23NO2. The number of phenolic OH excluding ortho intramolecular Hbond substituents is 1. The quantitative estimate of drug-likeness (QED) is 0.765. The summed E-state index contributed by atoms with van der Waals surface area (Å²) in [5.74, 6) is 0.308. The minimum Gasteiger partial charge on any atom is -0.508 e. The zero-order valence-corrected chi connectivity index (χ0v) is 11.4. The predicted molar refractivity (Wildman–Crippen MR) is 72.6 cm³/mol. The van der Waals surface area contributed by atoms with Gasteiger partial charge < -0.3 is 15.5 Å². The summed E-state index contributed by atoms with van der Waals surface area (Å²) < 4.78 is 0. The molecule has 0 amide bonds. The largest absolute Gasteiger partial charge is 0.508 e. The van der Waals surface area contributed by atoms with E-state index in [0.29, 0.717) is 17.8 Å². The molecule has 1 aliphatic rings. The van der Waals surface area contributed by atoms with E-state index in [0.717, 1.165) is 12.8 Å². The van der Waals surface area contributed by atoms with Crippen molar-refractivity contribution in [2.75, 3.05) is 0 Å². The molecule has 2 rings (SSSR count). The molecule has 3 unspecified atom stereocenters. The first kappa shape index (κ1) is 13.4. The molecule has 0 heterocycles. The van der Waals surface area contributed by atoms with Crippen molar-refractivity contribution < 1.29 is 10.2 Å². The van der Waals surface area contributed by atoms with Crippen LogP contribution in [0, 0.1) is 5.41 Å². The molecule has 3 N–H and O–H groups in total. The molecule has 1 aliphatic carbocycles. The summed E-state index contributed by atoms with van der Waals surface area (Å²) in [6.07, 6.45) is 1.59. The number of rotatable bonds is 4. The molecule has 0 spiro atoms. The van der Waals surface area contributed by atoms with Crippen LogP contribution >= 0.6 is 0 Å². The summed E-state index contributed by atoms with van der Waals surface area (Å²) in [5, 5.41) is 22.5. The lowest BCUT2D eigenvalue weighted by Crippen LogP contribution is -2.61. The number of hydrogen-bond donors (Lipinski definition) is 3. The maximum absolute atomic E-state index is 9.71. The second-order valence-electron chi connectivity index (χ2n) is 6.06. The first-order chi connectivity index (χ1) is 8.39. The van der Waals surface area contributed by atoms with E-state index in [1.54, 1.807) is 12.1 Å². The summed E-state index contributed by atoms with van der Waals surface area (Å²) >= 11 is 0. The van der Waals surface area contributed by atoms with Crippen molar-refractivity contribution >= 4 is 0 Å². The minimum absolute atomic E-state index is 0.0246. The normalized spacial score (nSPS) is 27.6. The molecule has 3 heteroatoms. The molecule has 0 aliphatic heterocycles. The fourth-order valence-electron chi connectivity index (χ4n) is 2.57. The molecule has 0 saturated heterocycles. The number of aliphatic hydroxyl groups excluding tert-OH is 1. The van der Waals surface area contributed by atoms with Gasteiger partial charge in [-0.25, -0.2) is 0 Å². The monoisotopic (exact) mass is 249 g/mol. The molecule has 3 nitrogen and oxygen atoms in total. The Balaban J connectivity index is 1.86. The molecule has 0 aromatic heterocycles. The van der Waals surface area contributed by atoms with Gasteiger partial charge in [-0.2, -0.15) is 0 Å². The zero-order valence-electron chi connectivity index (χ0n) is 11.4. The van der Waals surface area contributed by atoms with Gasteiger partial charge in [-0.1, -0.05) is 26.0 Å². The first-order valence-electron chi connectivity index (χ1n) is 6.61. The number of aromatic hydroxyl groups is 1. The van der Waals surface area contributed by atoms with Crippen LogP contribution in [-0.2, 0) is 6.42 Å². The van der Waals surface area contributed by atoms with E-state index in [4.69, 9.17) is 0 Å². The van der Waals surface area contributed by atoms with E-state index in [-0.39, 0.29) is 11.5 Å². The Kier molecular flexibility index (Phi) is 3.64. The molecule has 0 radical (unpaired) electrons. The van der Waals surface area contributed by atoms with Crippen LogP contribution in [-0.4, -0.2) is 28.4 Å². The highest BCUT2D eigenvalue weighted by molar-refractivity contribution is 5.26. The van der Waals surface area contributed by atoms with Crippen LogP contribution in [0.1, 0.15) is 32.8 Å². The topological polar surface area (TPSA) is 52.5 Å². The van der Waals surface area contributed by atoms with E-state index in [2.05, 4.69) is 26.1 Å². The van der Waals surface area contributed by atoms with Crippen LogP contribution in [0.5, 0.6) is 5.75 Å². The van der Waals surface area contributed by atoms with E-state index in [1.807, 2.05) is 12.1 Å². The Labute approximate surface area is 109 Å². The molecule has 3 atom stereocenters. The van der Waals surface area contributed by atoms with Crippen molar-refractivity contribution in [3.8, 4) is 5.75 Å². The van der Waals surface area contributed by atoms with Crippen molar-refractivity contribution in [3.05, 3.63) is 29.8 Å². The fourth-order valence-corrected chi connectivity index (χ4v) is 2.57. The van der Waals surface area contributed by atoms with Crippen molar-refractivity contribution in [2.45, 2.75) is 51.8 Å². The van der Waals surface area contributed by atoms with E-state index < -0.39 is 0 Å². The summed E-state index contributed by atoms with van der Waals surface area (Å²) in [4.78, 5) is 0. The number of benzene rings is 1. The average Bonchev–Trinajstić information content (AvgIpc) is 2.32. The molecule has 18 heavy (non-hydrogen) atoms. The summed E-state index contributed by atoms with van der Waals surface area (Å²) in [5.41, 5.74) is 1.19. The lowest BCUT2D eigenvalue weighted by Gasteiger charge is -2.50. The summed E-state index contributed by atoms with van der Waals surface area (Å²) in [6.45, 7) is 6.37. The van der Waals surface area contributed by atoms with Crippen LogP contribution < -0.4 is 5.32 Å². The highest BCUT2D eigenvalue weighted by atomic mass is 16.3. The summed E-state index contributed by atoms with van der Waals surface area (Å²) in [7, 11) is 0. The van der Waals surface area contributed by atoms with E-state index >= 15 is 0 Å². The average molecular weight is 249 g/mol. The predicted octanol–water partition coefficient (Wildman–Crippen LogP) is 2.07. The van der Waals surface area contributed by atoms with Crippen LogP contribution in [0.3, 0.4) is 0 Å². The number of phenols is 1. The Bertz CT molecular complexity index is 399. The van der Waals surface area contributed by atoms with Gasteiger partial charge in [0.2, 0.25) is 0 Å². The van der Waals surface area contributed by atoms with Gasteiger partial charge in [0, 0.05) is 17.5 Å².